The highest BCUT2D eigenvalue weighted by Crippen LogP contribution is 2.43. The molecule has 0 atom stereocenters. The molecule has 0 aromatic carbocycles. The van der Waals surface area contributed by atoms with Crippen molar-refractivity contribution in [2.45, 2.75) is 24.4 Å². The summed E-state index contributed by atoms with van der Waals surface area (Å²) in [5.41, 5.74) is -0.561. The Morgan fingerprint density at radius 3 is 2.60 bits per heavy atom. The zero-order valence-electron chi connectivity index (χ0n) is 7.85. The number of carboxylic acids is 1. The average molecular weight is 228 g/mol. The van der Waals surface area contributed by atoms with E-state index in [0.717, 1.165) is 0 Å². The number of carbonyl (C=O) groups is 1. The molecule has 0 unspecified atom stereocenters. The number of aliphatic hydroxyl groups is 1. The molecule has 0 saturated heterocycles. The van der Waals surface area contributed by atoms with Crippen LogP contribution in [0.1, 0.15) is 18.5 Å². The van der Waals surface area contributed by atoms with Gasteiger partial charge in [-0.05, 0) is 25.0 Å². The number of nitrogens with zero attached hydrogens (tertiary/aromatic N) is 1. The van der Waals surface area contributed by atoms with Gasteiger partial charge < -0.3 is 10.2 Å². The molecule has 1 aliphatic carbocycles. The molecule has 0 spiro atoms. The van der Waals surface area contributed by atoms with Crippen LogP contribution in [0.2, 0.25) is 5.02 Å². The Balaban J connectivity index is 2.34. The molecule has 0 amide bonds. The molecule has 1 saturated carbocycles. The van der Waals surface area contributed by atoms with Crippen LogP contribution in [0.3, 0.4) is 0 Å². The van der Waals surface area contributed by atoms with Crippen LogP contribution < -0.4 is 0 Å². The van der Waals surface area contributed by atoms with Crippen molar-refractivity contribution in [1.82, 2.24) is 4.98 Å². The number of aliphatic hydroxyl groups excluding tert-OH is 1. The second-order valence-corrected chi connectivity index (χ2v) is 4.25. The Bertz CT molecular complexity index is 384. The lowest BCUT2D eigenvalue weighted by molar-refractivity contribution is -0.153. The number of halogens is 1. The lowest BCUT2D eigenvalue weighted by Gasteiger charge is -2.41. The van der Waals surface area contributed by atoms with Crippen LogP contribution in [0, 0.1) is 0 Å². The van der Waals surface area contributed by atoms with Crippen molar-refractivity contribution in [2.75, 3.05) is 0 Å². The van der Waals surface area contributed by atoms with E-state index in [1.807, 2.05) is 0 Å². The molecule has 80 valence electrons. The summed E-state index contributed by atoms with van der Waals surface area (Å²) in [6, 6.07) is 3.21. The van der Waals surface area contributed by atoms with Crippen molar-refractivity contribution < 1.29 is 15.0 Å². The summed E-state index contributed by atoms with van der Waals surface area (Å²) in [5, 5.41) is 18.8. The fraction of sp³-hybridized carbons (Fsp3) is 0.400. The first-order valence-corrected chi connectivity index (χ1v) is 4.96. The van der Waals surface area contributed by atoms with Crippen molar-refractivity contribution in [3.8, 4) is 0 Å². The summed E-state index contributed by atoms with van der Waals surface area (Å²) < 4.78 is 0. The first-order valence-electron chi connectivity index (χ1n) is 4.58. The minimum atomic E-state index is -1.02. The predicted octanol–water partition coefficient (Wildman–Crippen LogP) is 1.21. The summed E-state index contributed by atoms with van der Waals surface area (Å²) in [5.74, 6) is -0.942. The third-order valence-corrected chi connectivity index (χ3v) is 3.02. The van der Waals surface area contributed by atoms with Gasteiger partial charge in [-0.2, -0.15) is 0 Å². The molecule has 5 heteroatoms. The highest BCUT2D eigenvalue weighted by Gasteiger charge is 2.52. The zero-order valence-corrected chi connectivity index (χ0v) is 8.61. The maximum Gasteiger partial charge on any atom is 0.315 e. The molecule has 4 nitrogen and oxygen atoms in total. The molecule has 0 bridgehead atoms. The molecule has 1 fully saturated rings. The van der Waals surface area contributed by atoms with E-state index in [0.29, 0.717) is 10.7 Å². The summed E-state index contributed by atoms with van der Waals surface area (Å²) in [4.78, 5) is 15.2. The molecule has 2 rings (SSSR count). The Morgan fingerprint density at radius 2 is 2.20 bits per heavy atom. The first-order chi connectivity index (χ1) is 7.04. The SMILES string of the molecule is O=C(O)C1(c2ccc(Cl)cn2)CC(O)C1. The molecule has 1 aromatic heterocycles. The van der Waals surface area contributed by atoms with Gasteiger partial charge in [0, 0.05) is 6.20 Å². The van der Waals surface area contributed by atoms with Gasteiger partial charge in [0.1, 0.15) is 5.41 Å². The van der Waals surface area contributed by atoms with Crippen LogP contribution in [0.5, 0.6) is 0 Å². The van der Waals surface area contributed by atoms with Gasteiger partial charge in [-0.15, -0.1) is 0 Å². The Kier molecular flexibility index (Phi) is 2.40. The van der Waals surface area contributed by atoms with Crippen LogP contribution in [0.15, 0.2) is 18.3 Å². The van der Waals surface area contributed by atoms with Gasteiger partial charge in [0.05, 0.1) is 16.8 Å². The molecule has 1 aromatic rings. The molecule has 1 heterocycles. The van der Waals surface area contributed by atoms with E-state index in [4.69, 9.17) is 16.7 Å². The van der Waals surface area contributed by atoms with Crippen molar-refractivity contribution in [3.05, 3.63) is 29.0 Å². The Morgan fingerprint density at radius 1 is 1.53 bits per heavy atom. The van der Waals surface area contributed by atoms with Gasteiger partial charge in [-0.1, -0.05) is 11.6 Å². The van der Waals surface area contributed by atoms with Crippen molar-refractivity contribution in [2.24, 2.45) is 0 Å². The van der Waals surface area contributed by atoms with Crippen molar-refractivity contribution in [1.29, 1.82) is 0 Å². The van der Waals surface area contributed by atoms with Gasteiger partial charge in [-0.25, -0.2) is 0 Å². The van der Waals surface area contributed by atoms with Crippen LogP contribution in [-0.2, 0) is 10.2 Å². The van der Waals surface area contributed by atoms with Crippen molar-refractivity contribution >= 4 is 17.6 Å². The molecular formula is C10H10ClNO3. The van der Waals surface area contributed by atoms with Gasteiger partial charge in [0.2, 0.25) is 0 Å². The van der Waals surface area contributed by atoms with E-state index in [1.165, 1.54) is 6.20 Å². The second kappa shape index (κ2) is 3.47. The molecular weight excluding hydrogens is 218 g/mol. The van der Waals surface area contributed by atoms with Gasteiger partial charge in [0.25, 0.3) is 0 Å². The number of pyridine rings is 1. The van der Waals surface area contributed by atoms with Crippen LogP contribution in [0.25, 0.3) is 0 Å². The monoisotopic (exact) mass is 227 g/mol. The quantitative estimate of drug-likeness (QED) is 0.797. The average Bonchev–Trinajstić information content (AvgIpc) is 2.13. The lowest BCUT2D eigenvalue weighted by atomic mass is 9.64. The van der Waals surface area contributed by atoms with Crippen LogP contribution in [0.4, 0.5) is 0 Å². The molecule has 1 aliphatic rings. The van der Waals surface area contributed by atoms with Crippen LogP contribution in [-0.4, -0.2) is 27.3 Å². The molecule has 0 radical (unpaired) electrons. The standard InChI is InChI=1S/C10H10ClNO3/c11-6-1-2-8(12-5-6)10(9(14)15)3-7(13)4-10/h1-2,5,7,13H,3-4H2,(H,14,15). The maximum atomic E-state index is 11.2. The highest BCUT2D eigenvalue weighted by molar-refractivity contribution is 6.30. The summed E-state index contributed by atoms with van der Waals surface area (Å²) >= 11 is 5.67. The second-order valence-electron chi connectivity index (χ2n) is 3.81. The van der Waals surface area contributed by atoms with E-state index in [9.17, 15) is 9.90 Å². The normalized spacial score (nSPS) is 29.6. The van der Waals surface area contributed by atoms with Gasteiger partial charge in [0.15, 0.2) is 0 Å². The van der Waals surface area contributed by atoms with E-state index in [2.05, 4.69) is 4.98 Å². The fourth-order valence-electron chi connectivity index (χ4n) is 1.90. The molecule has 0 aliphatic heterocycles. The summed E-state index contributed by atoms with van der Waals surface area (Å²) in [6.45, 7) is 0. The number of rotatable bonds is 2. The summed E-state index contributed by atoms with van der Waals surface area (Å²) in [6.07, 6.45) is 1.32. The van der Waals surface area contributed by atoms with Crippen molar-refractivity contribution in [3.63, 3.8) is 0 Å². The minimum absolute atomic E-state index is 0.219. The topological polar surface area (TPSA) is 70.4 Å². The van der Waals surface area contributed by atoms with Gasteiger partial charge >= 0.3 is 5.97 Å². The number of aliphatic carboxylic acids is 1. The van der Waals surface area contributed by atoms with Crippen LogP contribution >= 0.6 is 11.6 Å². The first kappa shape index (κ1) is 10.4. The predicted molar refractivity (Wildman–Crippen MR) is 53.8 cm³/mol. The largest absolute Gasteiger partial charge is 0.481 e. The minimum Gasteiger partial charge on any atom is -0.481 e. The highest BCUT2D eigenvalue weighted by atomic mass is 35.5. The number of hydrogen-bond donors (Lipinski definition) is 2. The third kappa shape index (κ3) is 1.60. The lowest BCUT2D eigenvalue weighted by Crippen LogP contribution is -2.51. The maximum absolute atomic E-state index is 11.2. The number of carboxylic acid groups (broad SMARTS) is 1. The molecule has 2 N–H and O–H groups in total. The number of hydrogen-bond acceptors (Lipinski definition) is 3. The zero-order chi connectivity index (χ0) is 11.1. The molecule has 15 heavy (non-hydrogen) atoms. The fourth-order valence-corrected chi connectivity index (χ4v) is 2.01. The summed E-state index contributed by atoms with van der Waals surface area (Å²) in [7, 11) is 0. The third-order valence-electron chi connectivity index (χ3n) is 2.80. The van der Waals surface area contributed by atoms with E-state index >= 15 is 0 Å². The van der Waals surface area contributed by atoms with Gasteiger partial charge in [-0.3, -0.25) is 9.78 Å². The Hall–Kier alpha value is -1.13. The van der Waals surface area contributed by atoms with E-state index in [-0.39, 0.29) is 12.8 Å². The van der Waals surface area contributed by atoms with E-state index in [1.54, 1.807) is 12.1 Å². The van der Waals surface area contributed by atoms with E-state index < -0.39 is 17.5 Å². The Labute approximate surface area is 91.5 Å². The number of aromatic nitrogens is 1. The smallest absolute Gasteiger partial charge is 0.315 e.